The maximum absolute atomic E-state index is 11.5. The lowest BCUT2D eigenvalue weighted by molar-refractivity contribution is -0.142. The van der Waals surface area contributed by atoms with Crippen molar-refractivity contribution in [3.63, 3.8) is 0 Å². The van der Waals surface area contributed by atoms with Crippen molar-refractivity contribution >= 4 is 11.9 Å². The van der Waals surface area contributed by atoms with Crippen LogP contribution >= 0.6 is 0 Å². The van der Waals surface area contributed by atoms with Gasteiger partial charge in [0.15, 0.2) is 0 Å². The maximum Gasteiger partial charge on any atom is 0.325 e. The summed E-state index contributed by atoms with van der Waals surface area (Å²) in [5, 5.41) is 18.7. The van der Waals surface area contributed by atoms with Crippen molar-refractivity contribution in [2.24, 2.45) is 5.73 Å². The fraction of sp³-hybridized carbons (Fsp3) is 0.263. The minimum absolute atomic E-state index is 0.0136. The molecule has 6 heteroatoms. The number of carboxylic acid groups (broad SMARTS) is 2. The lowest BCUT2D eigenvalue weighted by atomic mass is 9.98. The number of aliphatic carboxylic acids is 2. The third-order valence-corrected chi connectivity index (χ3v) is 4.64. The van der Waals surface area contributed by atoms with E-state index in [0.717, 1.165) is 16.7 Å². The summed E-state index contributed by atoms with van der Waals surface area (Å²) in [5.74, 6) is -2.21. The third-order valence-electron chi connectivity index (χ3n) is 4.64. The summed E-state index contributed by atoms with van der Waals surface area (Å²) in [6, 6.07) is 16.9. The van der Waals surface area contributed by atoms with E-state index in [2.05, 4.69) is 0 Å². The molecule has 1 saturated heterocycles. The molecule has 2 aromatic carbocycles. The standard InChI is InChI=1S/C19H20N2O4/c20-19(18(24)25)10-16(17(22)23)21(12-19)11-13-6-8-15(9-7-13)14-4-2-1-3-5-14/h1-9,16H,10-12,20H2,(H,22,23)(H,24,25). The summed E-state index contributed by atoms with van der Waals surface area (Å²) in [6.07, 6.45) is -0.0975. The second-order valence-corrected chi connectivity index (χ2v) is 6.49. The zero-order valence-corrected chi connectivity index (χ0v) is 13.6. The van der Waals surface area contributed by atoms with Gasteiger partial charge in [-0.15, -0.1) is 0 Å². The molecule has 0 aliphatic carbocycles. The highest BCUT2D eigenvalue weighted by atomic mass is 16.4. The molecule has 130 valence electrons. The SMILES string of the molecule is NC1(C(=O)O)CC(C(=O)O)N(Cc2ccc(-c3ccccc3)cc2)C1. The number of benzene rings is 2. The van der Waals surface area contributed by atoms with Gasteiger partial charge in [-0.05, 0) is 16.7 Å². The van der Waals surface area contributed by atoms with Crippen LogP contribution in [0.3, 0.4) is 0 Å². The number of carbonyl (C=O) groups is 2. The van der Waals surface area contributed by atoms with E-state index >= 15 is 0 Å². The summed E-state index contributed by atoms with van der Waals surface area (Å²) in [5.41, 5.74) is 7.44. The van der Waals surface area contributed by atoms with Crippen LogP contribution in [-0.2, 0) is 16.1 Å². The predicted octanol–water partition coefficient (Wildman–Crippen LogP) is 1.79. The van der Waals surface area contributed by atoms with Crippen LogP contribution < -0.4 is 5.73 Å². The normalized spacial score (nSPS) is 23.5. The molecule has 1 aliphatic heterocycles. The quantitative estimate of drug-likeness (QED) is 0.767. The lowest BCUT2D eigenvalue weighted by Crippen LogP contribution is -2.50. The van der Waals surface area contributed by atoms with Gasteiger partial charge in [0.25, 0.3) is 0 Å². The highest BCUT2D eigenvalue weighted by Crippen LogP contribution is 2.28. The first-order chi connectivity index (χ1) is 11.9. The van der Waals surface area contributed by atoms with Crippen LogP contribution in [0.15, 0.2) is 54.6 Å². The van der Waals surface area contributed by atoms with Gasteiger partial charge in [-0.2, -0.15) is 0 Å². The molecule has 0 spiro atoms. The van der Waals surface area contributed by atoms with Gasteiger partial charge in [0.2, 0.25) is 0 Å². The van der Waals surface area contributed by atoms with Gasteiger partial charge >= 0.3 is 11.9 Å². The van der Waals surface area contributed by atoms with E-state index in [1.807, 2.05) is 54.6 Å². The average Bonchev–Trinajstić information content (AvgIpc) is 2.95. The molecule has 6 nitrogen and oxygen atoms in total. The first-order valence-corrected chi connectivity index (χ1v) is 8.02. The maximum atomic E-state index is 11.5. The molecule has 1 aliphatic rings. The van der Waals surface area contributed by atoms with Gasteiger partial charge in [0.1, 0.15) is 11.6 Å². The minimum Gasteiger partial charge on any atom is -0.480 e. The third kappa shape index (κ3) is 3.55. The molecule has 0 saturated carbocycles. The van der Waals surface area contributed by atoms with Crippen LogP contribution in [-0.4, -0.2) is 45.2 Å². The molecular weight excluding hydrogens is 320 g/mol. The molecule has 0 aromatic heterocycles. The summed E-state index contributed by atoms with van der Waals surface area (Å²) < 4.78 is 0. The highest BCUT2D eigenvalue weighted by molar-refractivity contribution is 5.83. The number of hydrogen-bond donors (Lipinski definition) is 3. The summed E-state index contributed by atoms with van der Waals surface area (Å²) in [7, 11) is 0. The van der Waals surface area contributed by atoms with Crippen LogP contribution in [0, 0.1) is 0 Å². The lowest BCUT2D eigenvalue weighted by Gasteiger charge is -2.22. The number of nitrogens with zero attached hydrogens (tertiary/aromatic N) is 1. The first kappa shape index (κ1) is 17.1. The zero-order valence-electron chi connectivity index (χ0n) is 13.6. The Bertz CT molecular complexity index is 776. The number of nitrogens with two attached hydrogens (primary N) is 1. The summed E-state index contributed by atoms with van der Waals surface area (Å²) in [6.45, 7) is 0.359. The summed E-state index contributed by atoms with van der Waals surface area (Å²) in [4.78, 5) is 24.4. The van der Waals surface area contributed by atoms with Crippen molar-refractivity contribution in [3.05, 3.63) is 60.2 Å². The molecule has 2 unspecified atom stereocenters. The van der Waals surface area contributed by atoms with Gasteiger partial charge < -0.3 is 15.9 Å². The number of likely N-dealkylation sites (tertiary alicyclic amines) is 1. The van der Waals surface area contributed by atoms with Crippen LogP contribution in [0.25, 0.3) is 11.1 Å². The van der Waals surface area contributed by atoms with Gasteiger partial charge in [-0.1, -0.05) is 54.6 Å². The van der Waals surface area contributed by atoms with E-state index in [0.29, 0.717) is 6.54 Å². The van der Waals surface area contributed by atoms with E-state index in [1.165, 1.54) is 0 Å². The largest absolute Gasteiger partial charge is 0.480 e. The number of carboxylic acids is 2. The van der Waals surface area contributed by atoms with Crippen LogP contribution in [0.4, 0.5) is 0 Å². The van der Waals surface area contributed by atoms with Gasteiger partial charge in [-0.25, -0.2) is 0 Å². The number of rotatable bonds is 5. The van der Waals surface area contributed by atoms with Crippen LogP contribution in [0.1, 0.15) is 12.0 Å². The fourth-order valence-corrected chi connectivity index (χ4v) is 3.24. The monoisotopic (exact) mass is 340 g/mol. The van der Waals surface area contributed by atoms with E-state index in [1.54, 1.807) is 4.90 Å². The van der Waals surface area contributed by atoms with Crippen molar-refractivity contribution in [1.29, 1.82) is 0 Å². The Morgan fingerprint density at radius 1 is 1.04 bits per heavy atom. The molecule has 0 bridgehead atoms. The predicted molar refractivity (Wildman–Crippen MR) is 92.9 cm³/mol. The number of hydrogen-bond acceptors (Lipinski definition) is 4. The molecule has 1 heterocycles. The molecular formula is C19H20N2O4. The van der Waals surface area contributed by atoms with Crippen molar-refractivity contribution in [2.75, 3.05) is 6.54 Å². The van der Waals surface area contributed by atoms with E-state index < -0.39 is 23.5 Å². The Labute approximate surface area is 145 Å². The second kappa shape index (κ2) is 6.66. The molecule has 3 rings (SSSR count). The molecule has 1 fully saturated rings. The minimum atomic E-state index is -1.52. The molecule has 2 aromatic rings. The Morgan fingerprint density at radius 3 is 2.20 bits per heavy atom. The van der Waals surface area contributed by atoms with E-state index in [-0.39, 0.29) is 13.0 Å². The highest BCUT2D eigenvalue weighted by Gasteiger charge is 2.49. The van der Waals surface area contributed by atoms with E-state index in [4.69, 9.17) is 5.73 Å². The Kier molecular flexibility index (Phi) is 4.57. The van der Waals surface area contributed by atoms with Crippen molar-refractivity contribution in [2.45, 2.75) is 24.5 Å². The molecule has 0 amide bonds. The van der Waals surface area contributed by atoms with Crippen molar-refractivity contribution in [1.82, 2.24) is 4.90 Å². The Morgan fingerprint density at radius 2 is 1.64 bits per heavy atom. The Hall–Kier alpha value is -2.70. The fourth-order valence-electron chi connectivity index (χ4n) is 3.24. The van der Waals surface area contributed by atoms with Crippen molar-refractivity contribution in [3.8, 4) is 11.1 Å². The van der Waals surface area contributed by atoms with Crippen LogP contribution in [0.5, 0.6) is 0 Å². The molecule has 4 N–H and O–H groups in total. The van der Waals surface area contributed by atoms with Gasteiger partial charge in [0.05, 0.1) is 0 Å². The van der Waals surface area contributed by atoms with Crippen LogP contribution in [0.2, 0.25) is 0 Å². The topological polar surface area (TPSA) is 104 Å². The van der Waals surface area contributed by atoms with Gasteiger partial charge in [0, 0.05) is 19.5 Å². The smallest absolute Gasteiger partial charge is 0.325 e. The zero-order chi connectivity index (χ0) is 18.0. The molecule has 25 heavy (non-hydrogen) atoms. The summed E-state index contributed by atoms with van der Waals surface area (Å²) >= 11 is 0. The van der Waals surface area contributed by atoms with Gasteiger partial charge in [-0.3, -0.25) is 14.5 Å². The Balaban J connectivity index is 1.77. The van der Waals surface area contributed by atoms with E-state index in [9.17, 15) is 19.8 Å². The molecule has 2 atom stereocenters. The molecule has 0 radical (unpaired) electrons. The van der Waals surface area contributed by atoms with Crippen molar-refractivity contribution < 1.29 is 19.8 Å². The first-order valence-electron chi connectivity index (χ1n) is 8.02. The second-order valence-electron chi connectivity index (χ2n) is 6.49. The average molecular weight is 340 g/mol.